The molecule has 0 radical (unpaired) electrons. The average molecular weight is 377 g/mol. The van der Waals surface area contributed by atoms with Gasteiger partial charge in [0, 0.05) is 0 Å². The van der Waals surface area contributed by atoms with Gasteiger partial charge in [0.1, 0.15) is 6.10 Å². The zero-order valence-electron chi connectivity index (χ0n) is 17.7. The van der Waals surface area contributed by atoms with Crippen molar-refractivity contribution in [1.29, 1.82) is 0 Å². The van der Waals surface area contributed by atoms with Gasteiger partial charge in [-0.15, -0.1) is 0 Å². The monoisotopic (exact) mass is 376 g/mol. The first-order valence-corrected chi connectivity index (χ1v) is 11.5. The van der Waals surface area contributed by atoms with Crippen molar-refractivity contribution in [3.05, 3.63) is 69.8 Å². The molecule has 28 heavy (non-hydrogen) atoms. The van der Waals surface area contributed by atoms with Crippen LogP contribution in [0.1, 0.15) is 116 Å². The summed E-state index contributed by atoms with van der Waals surface area (Å²) in [6.45, 7) is 4.35. The number of hydrogen-bond acceptors (Lipinski definition) is 1. The molecule has 0 unspecified atom stereocenters. The van der Waals surface area contributed by atoms with Crippen molar-refractivity contribution >= 4 is 0 Å². The second-order valence-electron chi connectivity index (χ2n) is 9.43. The third kappa shape index (κ3) is 4.51. The molecule has 2 aromatic rings. The molecule has 0 amide bonds. The van der Waals surface area contributed by atoms with Crippen molar-refractivity contribution in [1.82, 2.24) is 0 Å². The zero-order valence-corrected chi connectivity index (χ0v) is 17.7. The Morgan fingerprint density at radius 2 is 1.00 bits per heavy atom. The molecular weight excluding hydrogens is 340 g/mol. The van der Waals surface area contributed by atoms with Crippen LogP contribution >= 0.6 is 0 Å². The van der Waals surface area contributed by atoms with Gasteiger partial charge in [-0.2, -0.15) is 0 Å². The van der Waals surface area contributed by atoms with Crippen LogP contribution in [0.5, 0.6) is 0 Å². The number of aliphatic hydroxyl groups excluding tert-OH is 1. The fourth-order valence-corrected chi connectivity index (χ4v) is 5.54. The second kappa shape index (κ2) is 8.82. The summed E-state index contributed by atoms with van der Waals surface area (Å²) in [5.41, 5.74) is 7.57. The fourth-order valence-electron chi connectivity index (χ4n) is 5.54. The van der Waals surface area contributed by atoms with Gasteiger partial charge in [0.25, 0.3) is 0 Å². The van der Waals surface area contributed by atoms with Crippen LogP contribution in [0.2, 0.25) is 0 Å². The third-order valence-electron chi connectivity index (χ3n) is 7.03. The summed E-state index contributed by atoms with van der Waals surface area (Å²) >= 11 is 0. The Bertz CT molecular complexity index is 726. The molecule has 2 aliphatic rings. The molecule has 1 nitrogen and oxygen atoms in total. The summed E-state index contributed by atoms with van der Waals surface area (Å²) in [7, 11) is 0. The number of rotatable bonds is 4. The van der Waals surface area contributed by atoms with Gasteiger partial charge in [-0.1, -0.05) is 86.1 Å². The first-order chi connectivity index (χ1) is 13.6. The van der Waals surface area contributed by atoms with Gasteiger partial charge in [0.2, 0.25) is 0 Å². The van der Waals surface area contributed by atoms with Gasteiger partial charge in [0.15, 0.2) is 0 Å². The van der Waals surface area contributed by atoms with Crippen LogP contribution in [0.4, 0.5) is 0 Å². The maximum atomic E-state index is 11.3. The predicted octanol–water partition coefficient (Wildman–Crippen LogP) is 7.48. The summed E-state index contributed by atoms with van der Waals surface area (Å²) in [6, 6.07) is 13.6. The molecule has 0 heterocycles. The van der Waals surface area contributed by atoms with Crippen molar-refractivity contribution in [2.45, 2.75) is 96.0 Å². The van der Waals surface area contributed by atoms with E-state index in [1.54, 1.807) is 0 Å². The van der Waals surface area contributed by atoms with E-state index in [4.69, 9.17) is 0 Å². The summed E-state index contributed by atoms with van der Waals surface area (Å²) in [6.07, 6.45) is 12.8. The van der Waals surface area contributed by atoms with Crippen molar-refractivity contribution in [2.24, 2.45) is 0 Å². The summed E-state index contributed by atoms with van der Waals surface area (Å²) in [5, 5.41) is 11.3. The molecule has 0 spiro atoms. The SMILES string of the molecule is Cc1cc(C2CCCCC2)cc(C(O)c2cc(C)cc(C3CCCCC3)c2)c1. The van der Waals surface area contributed by atoms with Crippen molar-refractivity contribution < 1.29 is 5.11 Å². The minimum Gasteiger partial charge on any atom is -0.384 e. The van der Waals surface area contributed by atoms with E-state index >= 15 is 0 Å². The number of hydrogen-bond donors (Lipinski definition) is 1. The Hall–Kier alpha value is -1.60. The number of benzene rings is 2. The maximum absolute atomic E-state index is 11.3. The molecular formula is C27H36O. The third-order valence-corrected chi connectivity index (χ3v) is 7.03. The quantitative estimate of drug-likeness (QED) is 0.586. The molecule has 0 aromatic heterocycles. The fraction of sp³-hybridized carbons (Fsp3) is 0.556. The minimum atomic E-state index is -0.524. The highest BCUT2D eigenvalue weighted by atomic mass is 16.3. The zero-order chi connectivity index (χ0) is 19.5. The van der Waals surface area contributed by atoms with Gasteiger partial charge in [-0.3, -0.25) is 0 Å². The lowest BCUT2D eigenvalue weighted by Crippen LogP contribution is -2.09. The van der Waals surface area contributed by atoms with Crippen molar-refractivity contribution in [3.63, 3.8) is 0 Å². The van der Waals surface area contributed by atoms with E-state index in [0.717, 1.165) is 11.1 Å². The molecule has 150 valence electrons. The van der Waals surface area contributed by atoms with Gasteiger partial charge in [-0.05, 0) is 73.6 Å². The van der Waals surface area contributed by atoms with Crippen LogP contribution in [0.3, 0.4) is 0 Å². The molecule has 2 saturated carbocycles. The smallest absolute Gasteiger partial charge is 0.104 e. The Kier molecular flexibility index (Phi) is 6.21. The van der Waals surface area contributed by atoms with Gasteiger partial charge < -0.3 is 5.11 Å². The van der Waals surface area contributed by atoms with Crippen LogP contribution in [-0.2, 0) is 0 Å². The normalized spacial score (nSPS) is 19.3. The minimum absolute atomic E-state index is 0.524. The van der Waals surface area contributed by atoms with Crippen LogP contribution < -0.4 is 0 Å². The van der Waals surface area contributed by atoms with E-state index in [1.807, 2.05) is 0 Å². The van der Waals surface area contributed by atoms with Crippen molar-refractivity contribution in [3.8, 4) is 0 Å². The van der Waals surface area contributed by atoms with E-state index in [0.29, 0.717) is 11.8 Å². The predicted molar refractivity (Wildman–Crippen MR) is 118 cm³/mol. The average Bonchev–Trinajstić information content (AvgIpc) is 2.73. The molecule has 2 fully saturated rings. The highest BCUT2D eigenvalue weighted by Crippen LogP contribution is 2.37. The highest BCUT2D eigenvalue weighted by molar-refractivity contribution is 5.40. The molecule has 2 aromatic carbocycles. The second-order valence-corrected chi connectivity index (χ2v) is 9.43. The molecule has 4 rings (SSSR count). The number of aryl methyl sites for hydroxylation is 2. The van der Waals surface area contributed by atoms with Crippen LogP contribution in [0.25, 0.3) is 0 Å². The van der Waals surface area contributed by atoms with Gasteiger partial charge >= 0.3 is 0 Å². The molecule has 2 aliphatic carbocycles. The van der Waals surface area contributed by atoms with E-state index < -0.39 is 6.10 Å². The Labute approximate surface area is 171 Å². The van der Waals surface area contributed by atoms with Gasteiger partial charge in [0.05, 0.1) is 0 Å². The van der Waals surface area contributed by atoms with Gasteiger partial charge in [-0.25, -0.2) is 0 Å². The molecule has 0 atom stereocenters. The lowest BCUT2D eigenvalue weighted by atomic mass is 9.81. The van der Waals surface area contributed by atoms with E-state index in [9.17, 15) is 5.11 Å². The molecule has 0 bridgehead atoms. The maximum Gasteiger partial charge on any atom is 0.104 e. The lowest BCUT2D eigenvalue weighted by Gasteiger charge is -2.25. The molecule has 1 N–H and O–H groups in total. The summed E-state index contributed by atoms with van der Waals surface area (Å²) in [4.78, 5) is 0. The van der Waals surface area contributed by atoms with Crippen LogP contribution in [0, 0.1) is 13.8 Å². The largest absolute Gasteiger partial charge is 0.384 e. The molecule has 1 heteroatoms. The Morgan fingerprint density at radius 1 is 0.607 bits per heavy atom. The highest BCUT2D eigenvalue weighted by Gasteiger charge is 2.21. The topological polar surface area (TPSA) is 20.2 Å². The molecule has 0 aliphatic heterocycles. The Balaban J connectivity index is 1.62. The molecule has 0 saturated heterocycles. The first kappa shape index (κ1) is 19.7. The summed E-state index contributed by atoms with van der Waals surface area (Å²) < 4.78 is 0. The van der Waals surface area contributed by atoms with Crippen LogP contribution in [0.15, 0.2) is 36.4 Å². The standard InChI is InChI=1S/C27H36O/c1-19-13-23(21-9-5-3-6-10-21)17-25(15-19)27(28)26-16-20(2)14-24(18-26)22-11-7-4-8-12-22/h13-18,21-22,27-28H,3-12H2,1-2H3. The van der Waals surface area contributed by atoms with E-state index in [-0.39, 0.29) is 0 Å². The number of aliphatic hydroxyl groups is 1. The van der Waals surface area contributed by atoms with E-state index in [2.05, 4.69) is 50.2 Å². The van der Waals surface area contributed by atoms with Crippen LogP contribution in [-0.4, -0.2) is 5.11 Å². The van der Waals surface area contributed by atoms with E-state index in [1.165, 1.54) is 86.5 Å². The Morgan fingerprint density at radius 3 is 1.39 bits per heavy atom. The summed E-state index contributed by atoms with van der Waals surface area (Å²) in [5.74, 6) is 1.35. The first-order valence-electron chi connectivity index (χ1n) is 11.5. The lowest BCUT2D eigenvalue weighted by molar-refractivity contribution is 0.219. The van der Waals surface area contributed by atoms with Crippen molar-refractivity contribution in [2.75, 3.05) is 0 Å².